The monoisotopic (exact) mass is 268 g/mol. The molecule has 0 saturated heterocycles. The Kier molecular flexibility index (Phi) is 3.85. The molecule has 0 aromatic heterocycles. The summed E-state index contributed by atoms with van der Waals surface area (Å²) in [6.45, 7) is 2.14. The smallest absolute Gasteiger partial charge is 0.0327 e. The Labute approximate surface area is 126 Å². The van der Waals surface area contributed by atoms with Crippen LogP contribution in [0, 0.1) is 18.8 Å². The van der Waals surface area contributed by atoms with Gasteiger partial charge in [-0.2, -0.15) is 0 Å². The van der Waals surface area contributed by atoms with Gasteiger partial charge in [-0.05, 0) is 41.8 Å². The van der Waals surface area contributed by atoms with Crippen LogP contribution in [0.5, 0.6) is 0 Å². The van der Waals surface area contributed by atoms with E-state index in [2.05, 4.69) is 61.2 Å². The Balaban J connectivity index is 2.06. The Morgan fingerprint density at radius 1 is 0.571 bits per heavy atom. The van der Waals surface area contributed by atoms with E-state index in [-0.39, 0.29) is 0 Å². The topological polar surface area (TPSA) is 0 Å². The summed E-state index contributed by atoms with van der Waals surface area (Å²) in [7, 11) is 0. The maximum atomic E-state index is 3.31. The van der Waals surface area contributed by atoms with Crippen LogP contribution in [0.25, 0.3) is 11.1 Å². The molecule has 0 saturated carbocycles. The standard InChI is InChI=1S/C21H16/c1-17-9-5-7-13-20(17)21-14-8-6-12-19(21)16-15-18-10-3-2-4-11-18/h2-14H,1H3. The third-order valence-corrected chi connectivity index (χ3v) is 3.48. The summed E-state index contributed by atoms with van der Waals surface area (Å²) in [6.07, 6.45) is 0. The third-order valence-electron chi connectivity index (χ3n) is 3.48. The molecule has 0 radical (unpaired) electrons. The molecule has 0 bridgehead atoms. The molecule has 0 fully saturated rings. The third kappa shape index (κ3) is 3.04. The first-order valence-electron chi connectivity index (χ1n) is 7.07. The van der Waals surface area contributed by atoms with Gasteiger partial charge in [-0.3, -0.25) is 0 Å². The highest BCUT2D eigenvalue weighted by Gasteiger charge is 2.04. The van der Waals surface area contributed by atoms with Crippen LogP contribution in [-0.2, 0) is 0 Å². The van der Waals surface area contributed by atoms with Crippen LogP contribution >= 0.6 is 0 Å². The van der Waals surface area contributed by atoms with Crippen molar-refractivity contribution in [2.24, 2.45) is 0 Å². The fraction of sp³-hybridized carbons (Fsp3) is 0.0476. The van der Waals surface area contributed by atoms with Gasteiger partial charge in [0.05, 0.1) is 0 Å². The van der Waals surface area contributed by atoms with Crippen molar-refractivity contribution < 1.29 is 0 Å². The lowest BCUT2D eigenvalue weighted by atomic mass is 9.96. The number of hydrogen-bond acceptors (Lipinski definition) is 0. The van der Waals surface area contributed by atoms with E-state index in [0.29, 0.717) is 0 Å². The normalized spacial score (nSPS) is 9.76. The lowest BCUT2D eigenvalue weighted by molar-refractivity contribution is 1.45. The molecular weight excluding hydrogens is 252 g/mol. The highest BCUT2D eigenvalue weighted by Crippen LogP contribution is 2.26. The van der Waals surface area contributed by atoms with E-state index in [9.17, 15) is 0 Å². The van der Waals surface area contributed by atoms with Crippen molar-refractivity contribution in [3.8, 4) is 23.0 Å². The molecule has 0 aliphatic heterocycles. The van der Waals surface area contributed by atoms with Gasteiger partial charge >= 0.3 is 0 Å². The fourth-order valence-electron chi connectivity index (χ4n) is 2.36. The second-order valence-corrected chi connectivity index (χ2v) is 4.98. The molecule has 3 aromatic carbocycles. The van der Waals surface area contributed by atoms with Crippen molar-refractivity contribution in [2.45, 2.75) is 6.92 Å². The summed E-state index contributed by atoms with van der Waals surface area (Å²) in [4.78, 5) is 0. The van der Waals surface area contributed by atoms with Crippen LogP contribution in [-0.4, -0.2) is 0 Å². The minimum Gasteiger partial charge on any atom is -0.0622 e. The van der Waals surface area contributed by atoms with Gasteiger partial charge in [-0.15, -0.1) is 0 Å². The van der Waals surface area contributed by atoms with Gasteiger partial charge in [0.25, 0.3) is 0 Å². The van der Waals surface area contributed by atoms with Gasteiger partial charge in [0.15, 0.2) is 0 Å². The van der Waals surface area contributed by atoms with Crippen molar-refractivity contribution in [2.75, 3.05) is 0 Å². The second kappa shape index (κ2) is 6.11. The molecule has 0 aliphatic carbocycles. The van der Waals surface area contributed by atoms with Crippen LogP contribution in [0.1, 0.15) is 16.7 Å². The van der Waals surface area contributed by atoms with Crippen LogP contribution in [0.15, 0.2) is 78.9 Å². The van der Waals surface area contributed by atoms with Crippen molar-refractivity contribution in [1.29, 1.82) is 0 Å². The molecule has 0 atom stereocenters. The largest absolute Gasteiger partial charge is 0.0622 e. The second-order valence-electron chi connectivity index (χ2n) is 4.98. The first-order chi connectivity index (χ1) is 10.3. The highest BCUT2D eigenvalue weighted by molar-refractivity contribution is 5.73. The number of aryl methyl sites for hydroxylation is 1. The molecule has 0 aliphatic rings. The summed E-state index contributed by atoms with van der Waals surface area (Å²) in [5, 5.41) is 0. The summed E-state index contributed by atoms with van der Waals surface area (Å²) >= 11 is 0. The molecule has 0 heterocycles. The zero-order chi connectivity index (χ0) is 14.5. The molecule has 3 aromatic rings. The summed E-state index contributed by atoms with van der Waals surface area (Å²) in [5.74, 6) is 6.55. The maximum absolute atomic E-state index is 3.31. The van der Waals surface area contributed by atoms with Crippen LogP contribution in [0.2, 0.25) is 0 Å². The van der Waals surface area contributed by atoms with E-state index in [0.717, 1.165) is 11.1 Å². The Bertz CT molecular complexity index is 802. The quantitative estimate of drug-likeness (QED) is 0.541. The van der Waals surface area contributed by atoms with Crippen molar-refractivity contribution in [3.63, 3.8) is 0 Å². The van der Waals surface area contributed by atoms with E-state index in [4.69, 9.17) is 0 Å². The zero-order valence-electron chi connectivity index (χ0n) is 12.0. The Morgan fingerprint density at radius 3 is 1.95 bits per heavy atom. The van der Waals surface area contributed by atoms with E-state index in [1.165, 1.54) is 16.7 Å². The molecule has 3 rings (SSSR count). The van der Waals surface area contributed by atoms with Crippen LogP contribution in [0.4, 0.5) is 0 Å². The van der Waals surface area contributed by atoms with Gasteiger partial charge in [0.1, 0.15) is 0 Å². The van der Waals surface area contributed by atoms with Gasteiger partial charge < -0.3 is 0 Å². The van der Waals surface area contributed by atoms with Crippen molar-refractivity contribution >= 4 is 0 Å². The summed E-state index contributed by atoms with van der Waals surface area (Å²) < 4.78 is 0. The first kappa shape index (κ1) is 13.2. The SMILES string of the molecule is Cc1ccccc1-c1ccccc1C#Cc1ccccc1. The average molecular weight is 268 g/mol. The minimum absolute atomic E-state index is 1.04. The number of benzene rings is 3. The lowest BCUT2D eigenvalue weighted by Gasteiger charge is -2.07. The van der Waals surface area contributed by atoms with Gasteiger partial charge in [-0.25, -0.2) is 0 Å². The lowest BCUT2D eigenvalue weighted by Crippen LogP contribution is -1.87. The predicted octanol–water partition coefficient (Wildman–Crippen LogP) is 5.06. The summed E-state index contributed by atoms with van der Waals surface area (Å²) in [5.41, 5.74) is 5.81. The Hall–Kier alpha value is -2.78. The summed E-state index contributed by atoms with van der Waals surface area (Å²) in [6, 6.07) is 26.8. The first-order valence-corrected chi connectivity index (χ1v) is 7.07. The van der Waals surface area contributed by atoms with Gasteiger partial charge in [0, 0.05) is 11.1 Å². The molecule has 100 valence electrons. The molecule has 0 amide bonds. The van der Waals surface area contributed by atoms with E-state index in [1.807, 2.05) is 36.4 Å². The van der Waals surface area contributed by atoms with Crippen molar-refractivity contribution in [3.05, 3.63) is 95.6 Å². The van der Waals surface area contributed by atoms with Crippen LogP contribution < -0.4 is 0 Å². The van der Waals surface area contributed by atoms with E-state index in [1.54, 1.807) is 0 Å². The Morgan fingerprint density at radius 2 is 1.19 bits per heavy atom. The number of hydrogen-bond donors (Lipinski definition) is 0. The molecule has 0 unspecified atom stereocenters. The molecule has 21 heavy (non-hydrogen) atoms. The predicted molar refractivity (Wildman–Crippen MR) is 89.0 cm³/mol. The fourth-order valence-corrected chi connectivity index (χ4v) is 2.36. The van der Waals surface area contributed by atoms with Crippen LogP contribution in [0.3, 0.4) is 0 Å². The molecule has 0 N–H and O–H groups in total. The highest BCUT2D eigenvalue weighted by atomic mass is 14.1. The minimum atomic E-state index is 1.04. The van der Waals surface area contributed by atoms with E-state index < -0.39 is 0 Å². The zero-order valence-corrected chi connectivity index (χ0v) is 12.0. The molecule has 0 nitrogen and oxygen atoms in total. The molecule has 0 heteroatoms. The van der Waals surface area contributed by atoms with E-state index >= 15 is 0 Å². The van der Waals surface area contributed by atoms with Crippen molar-refractivity contribution in [1.82, 2.24) is 0 Å². The van der Waals surface area contributed by atoms with Gasteiger partial charge in [0.2, 0.25) is 0 Å². The molecular formula is C21H16. The maximum Gasteiger partial charge on any atom is 0.0327 e. The molecule has 0 spiro atoms. The average Bonchev–Trinajstić information content (AvgIpc) is 2.55. The number of rotatable bonds is 1. The van der Waals surface area contributed by atoms with Gasteiger partial charge in [-0.1, -0.05) is 72.5 Å².